The first-order valence-electron chi connectivity index (χ1n) is 10.7. The van der Waals surface area contributed by atoms with Gasteiger partial charge in [-0.25, -0.2) is 8.78 Å². The topological polar surface area (TPSA) is 30.5 Å². The highest BCUT2D eigenvalue weighted by molar-refractivity contribution is 5.71. The summed E-state index contributed by atoms with van der Waals surface area (Å²) in [6.07, 6.45) is 1.70. The van der Waals surface area contributed by atoms with Crippen molar-refractivity contribution in [2.75, 3.05) is 18.5 Å². The predicted molar refractivity (Wildman–Crippen MR) is 122 cm³/mol. The van der Waals surface area contributed by atoms with E-state index in [1.807, 2.05) is 30.3 Å². The number of benzene rings is 3. The molecule has 0 amide bonds. The zero-order valence-corrected chi connectivity index (χ0v) is 18.0. The Bertz CT molecular complexity index is 1130. The average Bonchev–Trinajstić information content (AvgIpc) is 2.82. The molecule has 1 saturated heterocycles. The van der Waals surface area contributed by atoms with E-state index in [0.717, 1.165) is 18.4 Å². The van der Waals surface area contributed by atoms with Gasteiger partial charge in [0.1, 0.15) is 12.4 Å². The van der Waals surface area contributed by atoms with Gasteiger partial charge in [-0.05, 0) is 61.2 Å². The average molecular weight is 433 g/mol. The van der Waals surface area contributed by atoms with Crippen molar-refractivity contribution in [3.05, 3.63) is 89.0 Å². The smallest absolute Gasteiger partial charge is 0.173 e. The fourth-order valence-electron chi connectivity index (χ4n) is 3.55. The maximum atomic E-state index is 14.9. The predicted octanol–water partition coefficient (Wildman–Crippen LogP) is 6.37. The second-order valence-corrected chi connectivity index (χ2v) is 7.82. The molecule has 32 heavy (non-hydrogen) atoms. The molecule has 1 N–H and O–H groups in total. The standard InChI is InChI=1S/C27H25F2NO2/c1-19-17-22(8-10-24(19)28)30-26-12-11-25(29)27(32-18-21-5-3-2-4-6-21)23(26)9-7-20-13-15-31-16-14-20/h2-6,8,10-12,17,20,30H,13-16,18H2,1H3. The molecule has 164 valence electrons. The Morgan fingerprint density at radius 3 is 2.50 bits per heavy atom. The van der Waals surface area contributed by atoms with E-state index in [1.54, 1.807) is 25.1 Å². The lowest BCUT2D eigenvalue weighted by atomic mass is 10.00. The summed E-state index contributed by atoms with van der Waals surface area (Å²) in [5.74, 6) is 5.99. The van der Waals surface area contributed by atoms with E-state index in [-0.39, 0.29) is 24.1 Å². The van der Waals surface area contributed by atoms with Crippen LogP contribution in [0.15, 0.2) is 60.7 Å². The van der Waals surface area contributed by atoms with Crippen LogP contribution < -0.4 is 10.1 Å². The fraction of sp³-hybridized carbons (Fsp3) is 0.259. The van der Waals surface area contributed by atoms with Crippen LogP contribution in [0.25, 0.3) is 0 Å². The van der Waals surface area contributed by atoms with Gasteiger partial charge >= 0.3 is 0 Å². The van der Waals surface area contributed by atoms with Gasteiger partial charge in [-0.15, -0.1) is 0 Å². The second-order valence-electron chi connectivity index (χ2n) is 7.82. The van der Waals surface area contributed by atoms with E-state index < -0.39 is 5.82 Å². The van der Waals surface area contributed by atoms with Gasteiger partial charge in [0.05, 0.1) is 11.3 Å². The molecule has 0 aliphatic carbocycles. The van der Waals surface area contributed by atoms with Crippen LogP contribution in [0.4, 0.5) is 20.2 Å². The van der Waals surface area contributed by atoms with E-state index in [0.29, 0.717) is 35.7 Å². The summed E-state index contributed by atoms with van der Waals surface area (Å²) in [5, 5.41) is 3.25. The molecule has 4 rings (SSSR count). The van der Waals surface area contributed by atoms with Gasteiger partial charge in [0.2, 0.25) is 0 Å². The first-order chi connectivity index (χ1) is 15.6. The third-order valence-electron chi connectivity index (χ3n) is 5.40. The molecule has 0 saturated carbocycles. The Kier molecular flexibility index (Phi) is 7.03. The van der Waals surface area contributed by atoms with Crippen molar-refractivity contribution in [1.29, 1.82) is 0 Å². The molecule has 0 spiro atoms. The fourth-order valence-corrected chi connectivity index (χ4v) is 3.55. The molecule has 1 fully saturated rings. The van der Waals surface area contributed by atoms with Crippen molar-refractivity contribution in [2.24, 2.45) is 5.92 Å². The molecule has 0 radical (unpaired) electrons. The summed E-state index contributed by atoms with van der Waals surface area (Å²) in [6.45, 7) is 3.29. The zero-order chi connectivity index (χ0) is 22.3. The molecule has 5 heteroatoms. The van der Waals surface area contributed by atoms with E-state index >= 15 is 0 Å². The van der Waals surface area contributed by atoms with E-state index in [9.17, 15) is 8.78 Å². The number of aryl methyl sites for hydroxylation is 1. The Morgan fingerprint density at radius 2 is 1.75 bits per heavy atom. The third kappa shape index (κ3) is 5.46. The molecule has 0 atom stereocenters. The largest absolute Gasteiger partial charge is 0.484 e. The number of anilines is 2. The van der Waals surface area contributed by atoms with E-state index in [2.05, 4.69) is 17.2 Å². The molecule has 0 unspecified atom stereocenters. The lowest BCUT2D eigenvalue weighted by Gasteiger charge is -2.17. The van der Waals surface area contributed by atoms with Crippen molar-refractivity contribution < 1.29 is 18.3 Å². The molecule has 1 aliphatic heterocycles. The van der Waals surface area contributed by atoms with Crippen LogP contribution in [0.3, 0.4) is 0 Å². The maximum absolute atomic E-state index is 14.9. The lowest BCUT2D eigenvalue weighted by molar-refractivity contribution is 0.0807. The first-order valence-corrected chi connectivity index (χ1v) is 10.7. The van der Waals surface area contributed by atoms with Gasteiger partial charge in [-0.2, -0.15) is 0 Å². The molecule has 3 aromatic rings. The van der Waals surface area contributed by atoms with Crippen molar-refractivity contribution in [2.45, 2.75) is 26.4 Å². The monoisotopic (exact) mass is 433 g/mol. The van der Waals surface area contributed by atoms with Crippen LogP contribution >= 0.6 is 0 Å². The highest BCUT2D eigenvalue weighted by Crippen LogP contribution is 2.32. The van der Waals surface area contributed by atoms with Crippen molar-refractivity contribution in [3.63, 3.8) is 0 Å². The van der Waals surface area contributed by atoms with Crippen LogP contribution in [-0.2, 0) is 11.3 Å². The van der Waals surface area contributed by atoms with Gasteiger partial charge in [0.15, 0.2) is 11.6 Å². The Labute approximate surface area is 187 Å². The van der Waals surface area contributed by atoms with Crippen LogP contribution in [-0.4, -0.2) is 13.2 Å². The minimum absolute atomic E-state index is 0.109. The summed E-state index contributed by atoms with van der Waals surface area (Å²) < 4.78 is 39.9. The van der Waals surface area contributed by atoms with Crippen molar-refractivity contribution in [1.82, 2.24) is 0 Å². The van der Waals surface area contributed by atoms with Gasteiger partial charge in [0, 0.05) is 24.8 Å². The van der Waals surface area contributed by atoms with Gasteiger partial charge < -0.3 is 14.8 Å². The molecule has 3 aromatic carbocycles. The van der Waals surface area contributed by atoms with Crippen molar-refractivity contribution in [3.8, 4) is 17.6 Å². The molecule has 1 heterocycles. The first kappa shape index (κ1) is 21.9. The summed E-state index contributed by atoms with van der Waals surface area (Å²) in [4.78, 5) is 0. The Hall–Kier alpha value is -3.36. The number of ether oxygens (including phenoxy) is 2. The normalized spacial score (nSPS) is 13.8. The van der Waals surface area contributed by atoms with Crippen LogP contribution in [0.5, 0.6) is 5.75 Å². The summed E-state index contributed by atoms with van der Waals surface area (Å²) >= 11 is 0. The SMILES string of the molecule is Cc1cc(Nc2ccc(F)c(OCc3ccccc3)c2C#CC2CCOCC2)ccc1F. The van der Waals surface area contributed by atoms with E-state index in [1.165, 1.54) is 12.1 Å². The van der Waals surface area contributed by atoms with Gasteiger partial charge in [0.25, 0.3) is 0 Å². The summed E-state index contributed by atoms with van der Waals surface area (Å²) in [6, 6.07) is 17.3. The van der Waals surface area contributed by atoms with Crippen molar-refractivity contribution >= 4 is 11.4 Å². The Balaban J connectivity index is 1.68. The second kappa shape index (κ2) is 10.3. The minimum atomic E-state index is -0.474. The summed E-state index contributed by atoms with van der Waals surface area (Å²) in [5.41, 5.74) is 3.21. The highest BCUT2D eigenvalue weighted by atomic mass is 19.1. The summed E-state index contributed by atoms with van der Waals surface area (Å²) in [7, 11) is 0. The molecule has 3 nitrogen and oxygen atoms in total. The number of hydrogen-bond donors (Lipinski definition) is 1. The highest BCUT2D eigenvalue weighted by Gasteiger charge is 2.16. The molecule has 0 bridgehead atoms. The molecule has 1 aliphatic rings. The van der Waals surface area contributed by atoms with Crippen LogP contribution in [0, 0.1) is 36.3 Å². The number of halogens is 2. The van der Waals surface area contributed by atoms with Gasteiger partial charge in [-0.3, -0.25) is 0 Å². The third-order valence-corrected chi connectivity index (χ3v) is 5.40. The number of hydrogen-bond acceptors (Lipinski definition) is 3. The molecular formula is C27H25F2NO2. The zero-order valence-electron chi connectivity index (χ0n) is 18.0. The quantitative estimate of drug-likeness (QED) is 0.474. The number of rotatable bonds is 5. The number of nitrogens with one attached hydrogen (secondary N) is 1. The molecule has 0 aromatic heterocycles. The minimum Gasteiger partial charge on any atom is -0.484 e. The Morgan fingerprint density at radius 1 is 1.00 bits per heavy atom. The maximum Gasteiger partial charge on any atom is 0.173 e. The van der Waals surface area contributed by atoms with E-state index in [4.69, 9.17) is 9.47 Å². The van der Waals surface area contributed by atoms with Crippen LogP contribution in [0.2, 0.25) is 0 Å². The van der Waals surface area contributed by atoms with Gasteiger partial charge in [-0.1, -0.05) is 42.2 Å². The van der Waals surface area contributed by atoms with Crippen LogP contribution in [0.1, 0.15) is 29.5 Å². The lowest BCUT2D eigenvalue weighted by Crippen LogP contribution is -2.14. The molecular weight excluding hydrogens is 408 g/mol.